The summed E-state index contributed by atoms with van der Waals surface area (Å²) in [5.41, 5.74) is 2.17. The van der Waals surface area contributed by atoms with Crippen LogP contribution in [0.3, 0.4) is 0 Å². The van der Waals surface area contributed by atoms with E-state index in [1.165, 1.54) is 0 Å². The third kappa shape index (κ3) is 2.22. The van der Waals surface area contributed by atoms with Crippen LogP contribution in [-0.4, -0.2) is 16.7 Å². The van der Waals surface area contributed by atoms with Crippen molar-refractivity contribution in [1.29, 1.82) is 0 Å². The van der Waals surface area contributed by atoms with Crippen molar-refractivity contribution in [2.45, 2.75) is 0 Å². The fourth-order valence-corrected chi connectivity index (χ4v) is 2.05. The molecule has 1 heterocycles. The lowest BCUT2D eigenvalue weighted by Crippen LogP contribution is -1.95. The van der Waals surface area contributed by atoms with Crippen LogP contribution in [0, 0.1) is 0 Å². The number of nitrogens with zero attached hydrogens (tertiary/aromatic N) is 2. The van der Waals surface area contributed by atoms with Crippen LogP contribution >= 0.6 is 0 Å². The van der Waals surface area contributed by atoms with Crippen molar-refractivity contribution in [2.75, 3.05) is 7.11 Å². The molecule has 0 radical (unpaired) electrons. The highest BCUT2D eigenvalue weighted by Gasteiger charge is 2.07. The minimum atomic E-state index is 0.849. The molecule has 0 N–H and O–H groups in total. The second kappa shape index (κ2) is 4.98. The molecule has 2 aromatic carbocycles. The van der Waals surface area contributed by atoms with E-state index in [-0.39, 0.29) is 0 Å². The van der Waals surface area contributed by atoms with E-state index in [9.17, 15) is 0 Å². The van der Waals surface area contributed by atoms with Crippen molar-refractivity contribution < 1.29 is 4.74 Å². The summed E-state index contributed by atoms with van der Waals surface area (Å²) in [4.78, 5) is 4.44. The summed E-state index contributed by atoms with van der Waals surface area (Å²) < 4.78 is 7.25. The molecule has 0 atom stereocenters. The van der Waals surface area contributed by atoms with Crippen molar-refractivity contribution in [2.24, 2.45) is 0 Å². The van der Waals surface area contributed by atoms with Crippen molar-refractivity contribution in [3.05, 3.63) is 67.0 Å². The van der Waals surface area contributed by atoms with Gasteiger partial charge in [0.1, 0.15) is 11.6 Å². The predicted octanol–water partition coefficient (Wildman–Crippen LogP) is 3.55. The van der Waals surface area contributed by atoms with Gasteiger partial charge < -0.3 is 4.74 Å². The van der Waals surface area contributed by atoms with E-state index in [1.54, 1.807) is 7.11 Å². The molecule has 0 saturated heterocycles. The Morgan fingerprint density at radius 3 is 2.37 bits per heavy atom. The summed E-state index contributed by atoms with van der Waals surface area (Å²) in [6, 6.07) is 18.1. The Balaban J connectivity index is 2.04. The number of para-hydroxylation sites is 1. The zero-order chi connectivity index (χ0) is 13.1. The summed E-state index contributed by atoms with van der Waals surface area (Å²) >= 11 is 0. The highest BCUT2D eigenvalue weighted by molar-refractivity contribution is 5.59. The highest BCUT2D eigenvalue weighted by atomic mass is 16.5. The van der Waals surface area contributed by atoms with Crippen LogP contribution in [0.2, 0.25) is 0 Å². The molecule has 0 aliphatic carbocycles. The minimum Gasteiger partial charge on any atom is -0.497 e. The normalized spacial score (nSPS) is 10.4. The first-order chi connectivity index (χ1) is 9.38. The van der Waals surface area contributed by atoms with E-state index in [1.807, 2.05) is 54.9 Å². The molecule has 0 aliphatic rings. The van der Waals surface area contributed by atoms with Gasteiger partial charge in [-0.15, -0.1) is 0 Å². The standard InChI is InChI=1S/C16H14N2O/c1-19-15-9-7-13(8-10-15)16-17-11-12-18(16)14-5-3-2-4-6-14/h2-12H,1H3. The van der Waals surface area contributed by atoms with Crippen molar-refractivity contribution in [1.82, 2.24) is 9.55 Å². The van der Waals surface area contributed by atoms with Crippen LogP contribution in [0.15, 0.2) is 67.0 Å². The maximum absolute atomic E-state index is 5.17. The number of ether oxygens (including phenoxy) is 1. The number of rotatable bonds is 3. The van der Waals surface area contributed by atoms with Crippen LogP contribution < -0.4 is 4.74 Å². The molecule has 0 unspecified atom stereocenters. The first-order valence-electron chi connectivity index (χ1n) is 6.11. The third-order valence-electron chi connectivity index (χ3n) is 3.02. The Bertz CT molecular complexity index is 657. The maximum Gasteiger partial charge on any atom is 0.144 e. The van der Waals surface area contributed by atoms with Gasteiger partial charge in [0.25, 0.3) is 0 Å². The van der Waals surface area contributed by atoms with Crippen molar-refractivity contribution >= 4 is 0 Å². The second-order valence-corrected chi connectivity index (χ2v) is 4.18. The average molecular weight is 250 g/mol. The largest absolute Gasteiger partial charge is 0.497 e. The van der Waals surface area contributed by atoms with Gasteiger partial charge in [-0.1, -0.05) is 18.2 Å². The van der Waals surface area contributed by atoms with Crippen LogP contribution in [0.25, 0.3) is 17.1 Å². The summed E-state index contributed by atoms with van der Waals surface area (Å²) in [5, 5.41) is 0. The van der Waals surface area contributed by atoms with Gasteiger partial charge in [0.05, 0.1) is 7.11 Å². The van der Waals surface area contributed by atoms with E-state index in [0.29, 0.717) is 0 Å². The predicted molar refractivity (Wildman–Crippen MR) is 75.6 cm³/mol. The molecular weight excluding hydrogens is 236 g/mol. The number of hydrogen-bond acceptors (Lipinski definition) is 2. The smallest absolute Gasteiger partial charge is 0.144 e. The van der Waals surface area contributed by atoms with Crippen LogP contribution in [0.5, 0.6) is 5.75 Å². The van der Waals surface area contributed by atoms with Gasteiger partial charge in [-0.3, -0.25) is 4.57 Å². The van der Waals surface area contributed by atoms with E-state index in [2.05, 4.69) is 21.7 Å². The molecule has 3 rings (SSSR count). The molecule has 0 spiro atoms. The highest BCUT2D eigenvalue weighted by Crippen LogP contribution is 2.23. The molecule has 0 amide bonds. The zero-order valence-electron chi connectivity index (χ0n) is 10.7. The van der Waals surface area contributed by atoms with Gasteiger partial charge in [0, 0.05) is 23.6 Å². The molecule has 3 nitrogen and oxygen atoms in total. The molecule has 94 valence electrons. The fourth-order valence-electron chi connectivity index (χ4n) is 2.05. The molecule has 3 heteroatoms. The monoisotopic (exact) mass is 250 g/mol. The molecule has 0 bridgehead atoms. The lowest BCUT2D eigenvalue weighted by atomic mass is 10.2. The van der Waals surface area contributed by atoms with Crippen LogP contribution in [0.1, 0.15) is 0 Å². The minimum absolute atomic E-state index is 0.849. The second-order valence-electron chi connectivity index (χ2n) is 4.18. The number of imidazole rings is 1. The molecule has 0 aliphatic heterocycles. The summed E-state index contributed by atoms with van der Waals surface area (Å²) in [6.07, 6.45) is 3.78. The number of hydrogen-bond donors (Lipinski definition) is 0. The lowest BCUT2D eigenvalue weighted by Gasteiger charge is -2.08. The summed E-state index contributed by atoms with van der Waals surface area (Å²) in [6.45, 7) is 0. The topological polar surface area (TPSA) is 27.1 Å². The van der Waals surface area contributed by atoms with Gasteiger partial charge in [-0.2, -0.15) is 0 Å². The van der Waals surface area contributed by atoms with Crippen molar-refractivity contribution in [3.8, 4) is 22.8 Å². The third-order valence-corrected chi connectivity index (χ3v) is 3.02. The Morgan fingerprint density at radius 2 is 1.68 bits per heavy atom. The number of aromatic nitrogens is 2. The Hall–Kier alpha value is -2.55. The Kier molecular flexibility index (Phi) is 3.02. The van der Waals surface area contributed by atoms with E-state index < -0.39 is 0 Å². The SMILES string of the molecule is COc1ccc(-c2nccn2-c2ccccc2)cc1. The summed E-state index contributed by atoms with van der Waals surface area (Å²) in [7, 11) is 1.67. The number of methoxy groups -OCH3 is 1. The molecule has 1 aromatic heterocycles. The fraction of sp³-hybridized carbons (Fsp3) is 0.0625. The molecular formula is C16H14N2O. The Labute approximate surface area is 112 Å². The first-order valence-corrected chi connectivity index (χ1v) is 6.11. The van der Waals surface area contributed by atoms with Gasteiger partial charge in [-0.05, 0) is 36.4 Å². The molecule has 19 heavy (non-hydrogen) atoms. The average Bonchev–Trinajstić information content (AvgIpc) is 2.98. The zero-order valence-corrected chi connectivity index (χ0v) is 10.7. The van der Waals surface area contributed by atoms with E-state index in [0.717, 1.165) is 22.8 Å². The maximum atomic E-state index is 5.17. The quantitative estimate of drug-likeness (QED) is 0.710. The van der Waals surface area contributed by atoms with Gasteiger partial charge in [-0.25, -0.2) is 4.98 Å². The van der Waals surface area contributed by atoms with E-state index in [4.69, 9.17) is 4.74 Å². The lowest BCUT2D eigenvalue weighted by molar-refractivity contribution is 0.415. The van der Waals surface area contributed by atoms with E-state index >= 15 is 0 Å². The molecule has 0 fully saturated rings. The molecule has 3 aromatic rings. The Morgan fingerprint density at radius 1 is 0.947 bits per heavy atom. The van der Waals surface area contributed by atoms with Crippen LogP contribution in [-0.2, 0) is 0 Å². The van der Waals surface area contributed by atoms with Crippen molar-refractivity contribution in [3.63, 3.8) is 0 Å². The number of benzene rings is 2. The van der Waals surface area contributed by atoms with Gasteiger partial charge >= 0.3 is 0 Å². The van der Waals surface area contributed by atoms with Crippen LogP contribution in [0.4, 0.5) is 0 Å². The molecule has 0 saturated carbocycles. The van der Waals surface area contributed by atoms with Gasteiger partial charge in [0.15, 0.2) is 0 Å². The summed E-state index contributed by atoms with van der Waals surface area (Å²) in [5.74, 6) is 1.77. The van der Waals surface area contributed by atoms with Gasteiger partial charge in [0.2, 0.25) is 0 Å². The first kappa shape index (κ1) is 11.5.